The topological polar surface area (TPSA) is 41.1 Å². The number of anilines is 1. The van der Waals surface area contributed by atoms with Crippen molar-refractivity contribution in [2.75, 3.05) is 11.9 Å². The summed E-state index contributed by atoms with van der Waals surface area (Å²) in [7, 11) is 0. The fourth-order valence-corrected chi connectivity index (χ4v) is 2.77. The van der Waals surface area contributed by atoms with E-state index in [0.717, 1.165) is 13.0 Å². The number of nitrogens with one attached hydrogen (secondary N) is 2. The van der Waals surface area contributed by atoms with Crippen molar-refractivity contribution in [1.29, 1.82) is 0 Å². The molecule has 1 unspecified atom stereocenters. The predicted molar refractivity (Wildman–Crippen MR) is 72.7 cm³/mol. The SMILES string of the molecule is O=C(CCC1CNc2ccccc21)NC1CCC1. The molecule has 1 aliphatic carbocycles. The van der Waals surface area contributed by atoms with Crippen molar-refractivity contribution in [3.63, 3.8) is 0 Å². The summed E-state index contributed by atoms with van der Waals surface area (Å²) in [6.45, 7) is 0.968. The van der Waals surface area contributed by atoms with Gasteiger partial charge in [-0.25, -0.2) is 0 Å². The molecule has 1 atom stereocenters. The summed E-state index contributed by atoms with van der Waals surface area (Å²) in [5.74, 6) is 0.720. The lowest BCUT2D eigenvalue weighted by atomic mass is 9.92. The maximum atomic E-state index is 11.8. The van der Waals surface area contributed by atoms with Crippen molar-refractivity contribution in [3.8, 4) is 0 Å². The summed E-state index contributed by atoms with van der Waals surface area (Å²) in [6.07, 6.45) is 5.20. The Morgan fingerprint density at radius 3 is 2.94 bits per heavy atom. The van der Waals surface area contributed by atoms with Crippen molar-refractivity contribution in [2.45, 2.75) is 44.1 Å². The third-order valence-electron chi connectivity index (χ3n) is 4.13. The van der Waals surface area contributed by atoms with E-state index in [-0.39, 0.29) is 5.91 Å². The molecule has 3 rings (SSSR count). The van der Waals surface area contributed by atoms with Gasteiger partial charge in [-0.1, -0.05) is 18.2 Å². The third-order valence-corrected chi connectivity index (χ3v) is 4.13. The zero-order chi connectivity index (χ0) is 12.4. The largest absolute Gasteiger partial charge is 0.384 e. The van der Waals surface area contributed by atoms with Gasteiger partial charge in [0.25, 0.3) is 0 Å². The van der Waals surface area contributed by atoms with Crippen LogP contribution in [0.2, 0.25) is 0 Å². The predicted octanol–water partition coefficient (Wildman–Crippen LogP) is 2.64. The van der Waals surface area contributed by atoms with Gasteiger partial charge in [0, 0.05) is 30.6 Å². The lowest BCUT2D eigenvalue weighted by Crippen LogP contribution is -2.39. The summed E-state index contributed by atoms with van der Waals surface area (Å²) < 4.78 is 0. The van der Waals surface area contributed by atoms with Crippen LogP contribution in [-0.4, -0.2) is 18.5 Å². The Bertz CT molecular complexity index is 440. The third kappa shape index (κ3) is 2.35. The highest BCUT2D eigenvalue weighted by Crippen LogP contribution is 2.33. The zero-order valence-electron chi connectivity index (χ0n) is 10.6. The average molecular weight is 244 g/mol. The minimum absolute atomic E-state index is 0.226. The second-order valence-corrected chi connectivity index (χ2v) is 5.40. The van der Waals surface area contributed by atoms with Crippen LogP contribution in [0.15, 0.2) is 24.3 Å². The molecule has 1 fully saturated rings. The van der Waals surface area contributed by atoms with E-state index in [0.29, 0.717) is 18.4 Å². The fraction of sp³-hybridized carbons (Fsp3) is 0.533. The number of para-hydroxylation sites is 1. The average Bonchev–Trinajstić information content (AvgIpc) is 2.75. The number of carbonyl (C=O) groups excluding carboxylic acids is 1. The Hall–Kier alpha value is -1.51. The van der Waals surface area contributed by atoms with Gasteiger partial charge in [-0.05, 0) is 37.3 Å². The van der Waals surface area contributed by atoms with E-state index < -0.39 is 0 Å². The van der Waals surface area contributed by atoms with E-state index in [4.69, 9.17) is 0 Å². The van der Waals surface area contributed by atoms with E-state index in [1.54, 1.807) is 0 Å². The number of hydrogen-bond donors (Lipinski definition) is 2. The monoisotopic (exact) mass is 244 g/mol. The highest BCUT2D eigenvalue weighted by molar-refractivity contribution is 5.76. The molecule has 96 valence electrons. The number of hydrogen-bond acceptors (Lipinski definition) is 2. The molecule has 1 amide bonds. The van der Waals surface area contributed by atoms with Crippen molar-refractivity contribution in [3.05, 3.63) is 29.8 Å². The molecule has 18 heavy (non-hydrogen) atoms. The van der Waals surface area contributed by atoms with Crippen LogP contribution >= 0.6 is 0 Å². The molecule has 0 saturated heterocycles. The quantitative estimate of drug-likeness (QED) is 0.855. The van der Waals surface area contributed by atoms with Gasteiger partial charge in [-0.3, -0.25) is 4.79 Å². The maximum Gasteiger partial charge on any atom is 0.220 e. The van der Waals surface area contributed by atoms with Gasteiger partial charge in [0.1, 0.15) is 0 Å². The number of amides is 1. The van der Waals surface area contributed by atoms with E-state index in [2.05, 4.69) is 34.9 Å². The molecular formula is C15H20N2O. The van der Waals surface area contributed by atoms with E-state index in [1.807, 2.05) is 0 Å². The molecule has 3 nitrogen and oxygen atoms in total. The molecule has 2 aliphatic rings. The standard InChI is InChI=1S/C15H20N2O/c18-15(17-12-4-3-5-12)9-8-11-10-16-14-7-2-1-6-13(11)14/h1-2,6-7,11-12,16H,3-5,8-10H2,(H,17,18). The van der Waals surface area contributed by atoms with Crippen LogP contribution < -0.4 is 10.6 Å². The second-order valence-electron chi connectivity index (χ2n) is 5.40. The zero-order valence-corrected chi connectivity index (χ0v) is 10.6. The van der Waals surface area contributed by atoms with Crippen molar-refractivity contribution < 1.29 is 4.79 Å². The van der Waals surface area contributed by atoms with Gasteiger partial charge >= 0.3 is 0 Å². The second kappa shape index (κ2) is 5.01. The molecule has 1 saturated carbocycles. The molecule has 0 aromatic heterocycles. The normalized spacial score (nSPS) is 21.9. The number of fused-ring (bicyclic) bond motifs is 1. The first-order valence-corrected chi connectivity index (χ1v) is 6.95. The van der Waals surface area contributed by atoms with E-state index in [9.17, 15) is 4.79 Å². The lowest BCUT2D eigenvalue weighted by molar-refractivity contribution is -0.122. The van der Waals surface area contributed by atoms with Gasteiger partial charge in [-0.15, -0.1) is 0 Å². The fourth-order valence-electron chi connectivity index (χ4n) is 2.77. The molecule has 3 heteroatoms. The number of benzene rings is 1. The lowest BCUT2D eigenvalue weighted by Gasteiger charge is -2.26. The summed E-state index contributed by atoms with van der Waals surface area (Å²) in [5.41, 5.74) is 2.61. The van der Waals surface area contributed by atoms with Gasteiger partial charge in [-0.2, -0.15) is 0 Å². The molecule has 1 aromatic carbocycles. The van der Waals surface area contributed by atoms with Crippen LogP contribution in [0.5, 0.6) is 0 Å². The maximum absolute atomic E-state index is 11.8. The molecule has 1 aliphatic heterocycles. The minimum Gasteiger partial charge on any atom is -0.384 e. The van der Waals surface area contributed by atoms with Crippen molar-refractivity contribution >= 4 is 11.6 Å². The summed E-state index contributed by atoms with van der Waals surface area (Å²) in [6, 6.07) is 8.88. The molecule has 0 bridgehead atoms. The molecule has 2 N–H and O–H groups in total. The number of rotatable bonds is 4. The van der Waals surface area contributed by atoms with Crippen LogP contribution in [0.4, 0.5) is 5.69 Å². The first kappa shape index (κ1) is 11.6. The van der Waals surface area contributed by atoms with Crippen LogP contribution in [0, 0.1) is 0 Å². The number of carbonyl (C=O) groups is 1. The molecular weight excluding hydrogens is 224 g/mol. The van der Waals surface area contributed by atoms with Gasteiger partial charge in [0.15, 0.2) is 0 Å². The molecule has 1 aromatic rings. The highest BCUT2D eigenvalue weighted by Gasteiger charge is 2.23. The summed E-state index contributed by atoms with van der Waals surface area (Å²) >= 11 is 0. The Morgan fingerprint density at radius 1 is 1.33 bits per heavy atom. The Labute approximate surface area is 108 Å². The molecule has 0 radical (unpaired) electrons. The Morgan fingerprint density at radius 2 is 2.17 bits per heavy atom. The van der Waals surface area contributed by atoms with Gasteiger partial charge in [0.2, 0.25) is 5.91 Å². The van der Waals surface area contributed by atoms with Crippen LogP contribution in [0.1, 0.15) is 43.6 Å². The highest BCUT2D eigenvalue weighted by atomic mass is 16.1. The van der Waals surface area contributed by atoms with E-state index in [1.165, 1.54) is 30.5 Å². The first-order chi connectivity index (χ1) is 8.83. The molecule has 1 heterocycles. The smallest absolute Gasteiger partial charge is 0.220 e. The van der Waals surface area contributed by atoms with Crippen LogP contribution in [0.3, 0.4) is 0 Å². The Kier molecular flexibility index (Phi) is 3.22. The van der Waals surface area contributed by atoms with Gasteiger partial charge in [0.05, 0.1) is 0 Å². The van der Waals surface area contributed by atoms with Crippen LogP contribution in [-0.2, 0) is 4.79 Å². The molecule has 0 spiro atoms. The van der Waals surface area contributed by atoms with Crippen molar-refractivity contribution in [2.24, 2.45) is 0 Å². The minimum atomic E-state index is 0.226. The van der Waals surface area contributed by atoms with Gasteiger partial charge < -0.3 is 10.6 Å². The van der Waals surface area contributed by atoms with Crippen LogP contribution in [0.25, 0.3) is 0 Å². The van der Waals surface area contributed by atoms with E-state index >= 15 is 0 Å². The Balaban J connectivity index is 1.50. The summed E-state index contributed by atoms with van der Waals surface area (Å²) in [4.78, 5) is 11.8. The summed E-state index contributed by atoms with van der Waals surface area (Å²) in [5, 5.41) is 6.51. The first-order valence-electron chi connectivity index (χ1n) is 6.95. The van der Waals surface area contributed by atoms with Crippen molar-refractivity contribution in [1.82, 2.24) is 5.32 Å².